The lowest BCUT2D eigenvalue weighted by Crippen LogP contribution is -2.00. The molecule has 1 aromatic carbocycles. The van der Waals surface area contributed by atoms with E-state index in [1.54, 1.807) is 21.3 Å². The molecular formula is C12H17BrO3. The van der Waals surface area contributed by atoms with Crippen molar-refractivity contribution >= 4 is 15.9 Å². The molecule has 1 atom stereocenters. The number of halogens is 1. The van der Waals surface area contributed by atoms with E-state index in [0.717, 1.165) is 29.2 Å². The van der Waals surface area contributed by atoms with E-state index in [-0.39, 0.29) is 4.83 Å². The maximum atomic E-state index is 5.36. The van der Waals surface area contributed by atoms with Crippen LogP contribution in [0, 0.1) is 0 Å². The van der Waals surface area contributed by atoms with Gasteiger partial charge in [0, 0.05) is 17.0 Å². The highest BCUT2D eigenvalue weighted by Gasteiger charge is 2.18. The van der Waals surface area contributed by atoms with Gasteiger partial charge in [-0.2, -0.15) is 0 Å². The Bertz CT molecular complexity index is 327. The summed E-state index contributed by atoms with van der Waals surface area (Å²) >= 11 is 3.61. The monoisotopic (exact) mass is 288 g/mol. The Morgan fingerprint density at radius 1 is 1.06 bits per heavy atom. The van der Waals surface area contributed by atoms with Gasteiger partial charge < -0.3 is 14.2 Å². The van der Waals surface area contributed by atoms with Gasteiger partial charge in [0.15, 0.2) is 0 Å². The van der Waals surface area contributed by atoms with Crippen LogP contribution < -0.4 is 14.2 Å². The third-order valence-corrected chi connectivity index (χ3v) is 3.53. The molecule has 1 unspecified atom stereocenters. The normalized spacial score (nSPS) is 12.1. The second-order valence-corrected chi connectivity index (χ2v) is 4.43. The minimum absolute atomic E-state index is 0.211. The van der Waals surface area contributed by atoms with Gasteiger partial charge in [-0.15, -0.1) is 0 Å². The van der Waals surface area contributed by atoms with Gasteiger partial charge >= 0.3 is 0 Å². The number of hydrogen-bond donors (Lipinski definition) is 0. The number of rotatable bonds is 5. The second kappa shape index (κ2) is 5.99. The van der Waals surface area contributed by atoms with E-state index in [9.17, 15) is 0 Å². The molecule has 0 amide bonds. The van der Waals surface area contributed by atoms with Crippen molar-refractivity contribution in [1.82, 2.24) is 0 Å². The summed E-state index contributed by atoms with van der Waals surface area (Å²) in [5, 5.41) is 0. The lowest BCUT2D eigenvalue weighted by molar-refractivity contribution is 0.368. The molecule has 0 spiro atoms. The average Bonchev–Trinajstić information content (AvgIpc) is 2.35. The molecule has 0 saturated carbocycles. The highest BCUT2D eigenvalue weighted by molar-refractivity contribution is 9.09. The molecule has 0 aliphatic rings. The molecule has 1 aromatic rings. The lowest BCUT2D eigenvalue weighted by Gasteiger charge is -2.17. The van der Waals surface area contributed by atoms with Crippen LogP contribution in [-0.2, 0) is 0 Å². The van der Waals surface area contributed by atoms with Crippen molar-refractivity contribution in [2.45, 2.75) is 18.2 Å². The zero-order valence-electron chi connectivity index (χ0n) is 10.0. The van der Waals surface area contributed by atoms with Crippen molar-refractivity contribution in [3.63, 3.8) is 0 Å². The summed E-state index contributed by atoms with van der Waals surface area (Å²) in [6.45, 7) is 2.10. The van der Waals surface area contributed by atoms with Gasteiger partial charge in [-0.25, -0.2) is 0 Å². The van der Waals surface area contributed by atoms with Gasteiger partial charge in [0.05, 0.1) is 26.9 Å². The van der Waals surface area contributed by atoms with Crippen LogP contribution in [0.5, 0.6) is 17.2 Å². The molecule has 0 saturated heterocycles. The van der Waals surface area contributed by atoms with Crippen LogP contribution in [0.2, 0.25) is 0 Å². The molecule has 0 heterocycles. The Labute approximate surface area is 105 Å². The van der Waals surface area contributed by atoms with Crippen LogP contribution in [0.1, 0.15) is 23.7 Å². The number of ether oxygens (including phenoxy) is 3. The minimum Gasteiger partial charge on any atom is -0.496 e. The molecule has 4 heteroatoms. The van der Waals surface area contributed by atoms with Gasteiger partial charge in [-0.1, -0.05) is 22.9 Å². The molecule has 0 N–H and O–H groups in total. The summed E-state index contributed by atoms with van der Waals surface area (Å²) in [5.74, 6) is 2.29. The quantitative estimate of drug-likeness (QED) is 0.776. The standard InChI is InChI=1S/C12H17BrO3/c1-5-9(13)12-10(15-3)6-8(14-2)7-11(12)16-4/h6-7,9H,5H2,1-4H3. The predicted octanol–water partition coefficient (Wildman–Crippen LogP) is 3.56. The van der Waals surface area contributed by atoms with E-state index >= 15 is 0 Å². The Kier molecular flexibility index (Phi) is 4.93. The van der Waals surface area contributed by atoms with Crippen molar-refractivity contribution < 1.29 is 14.2 Å². The third-order valence-electron chi connectivity index (χ3n) is 2.42. The van der Waals surface area contributed by atoms with E-state index < -0.39 is 0 Å². The van der Waals surface area contributed by atoms with E-state index in [1.165, 1.54) is 0 Å². The first-order valence-electron chi connectivity index (χ1n) is 5.11. The fourth-order valence-corrected chi connectivity index (χ4v) is 2.00. The molecular weight excluding hydrogens is 272 g/mol. The molecule has 90 valence electrons. The number of hydrogen-bond acceptors (Lipinski definition) is 3. The highest BCUT2D eigenvalue weighted by atomic mass is 79.9. The molecule has 16 heavy (non-hydrogen) atoms. The Morgan fingerprint density at radius 2 is 1.56 bits per heavy atom. The predicted molar refractivity (Wildman–Crippen MR) is 68.1 cm³/mol. The molecule has 1 rings (SSSR count). The summed E-state index contributed by atoms with van der Waals surface area (Å²) in [7, 11) is 4.92. The van der Waals surface area contributed by atoms with Crippen LogP contribution in [0.25, 0.3) is 0 Å². The fraction of sp³-hybridized carbons (Fsp3) is 0.500. The summed E-state index contributed by atoms with van der Waals surface area (Å²) < 4.78 is 15.9. The summed E-state index contributed by atoms with van der Waals surface area (Å²) in [4.78, 5) is 0.211. The average molecular weight is 289 g/mol. The van der Waals surface area contributed by atoms with E-state index in [0.29, 0.717) is 0 Å². The molecule has 0 bridgehead atoms. The molecule has 0 fully saturated rings. The van der Waals surface area contributed by atoms with Gasteiger partial charge in [0.2, 0.25) is 0 Å². The van der Waals surface area contributed by atoms with Gasteiger partial charge in [-0.3, -0.25) is 0 Å². The van der Waals surface area contributed by atoms with Crippen molar-refractivity contribution in [2.75, 3.05) is 21.3 Å². The molecule has 3 nitrogen and oxygen atoms in total. The lowest BCUT2D eigenvalue weighted by atomic mass is 10.1. The van der Waals surface area contributed by atoms with Crippen LogP contribution >= 0.6 is 15.9 Å². The van der Waals surface area contributed by atoms with Crippen LogP contribution in [0.15, 0.2) is 12.1 Å². The van der Waals surface area contributed by atoms with Gasteiger partial charge in [0.1, 0.15) is 17.2 Å². The third kappa shape index (κ3) is 2.61. The maximum absolute atomic E-state index is 5.36. The van der Waals surface area contributed by atoms with Crippen LogP contribution in [0.4, 0.5) is 0 Å². The SMILES string of the molecule is CCC(Br)c1c(OC)cc(OC)cc1OC. The van der Waals surface area contributed by atoms with Gasteiger partial charge in [-0.05, 0) is 6.42 Å². The Balaban J connectivity index is 3.31. The van der Waals surface area contributed by atoms with Gasteiger partial charge in [0.25, 0.3) is 0 Å². The van der Waals surface area contributed by atoms with Crippen molar-refractivity contribution in [2.24, 2.45) is 0 Å². The first-order chi connectivity index (χ1) is 7.67. The Morgan fingerprint density at radius 3 is 1.88 bits per heavy atom. The summed E-state index contributed by atoms with van der Waals surface area (Å²) in [5.41, 5.74) is 1.02. The molecule has 0 aliphatic carbocycles. The molecule has 0 aliphatic heterocycles. The Hall–Kier alpha value is -0.900. The zero-order valence-corrected chi connectivity index (χ0v) is 11.6. The topological polar surface area (TPSA) is 27.7 Å². The van der Waals surface area contributed by atoms with Crippen molar-refractivity contribution in [1.29, 1.82) is 0 Å². The second-order valence-electron chi connectivity index (χ2n) is 3.32. The summed E-state index contributed by atoms with van der Waals surface area (Å²) in [6, 6.07) is 3.73. The first kappa shape index (κ1) is 13.2. The smallest absolute Gasteiger partial charge is 0.130 e. The number of benzene rings is 1. The maximum Gasteiger partial charge on any atom is 0.130 e. The van der Waals surface area contributed by atoms with E-state index in [4.69, 9.17) is 14.2 Å². The van der Waals surface area contributed by atoms with Crippen molar-refractivity contribution in [3.8, 4) is 17.2 Å². The number of alkyl halides is 1. The first-order valence-corrected chi connectivity index (χ1v) is 6.03. The van der Waals surface area contributed by atoms with Crippen LogP contribution in [-0.4, -0.2) is 21.3 Å². The number of methoxy groups -OCH3 is 3. The fourth-order valence-electron chi connectivity index (χ4n) is 1.55. The van der Waals surface area contributed by atoms with Crippen molar-refractivity contribution in [3.05, 3.63) is 17.7 Å². The zero-order chi connectivity index (χ0) is 12.1. The highest BCUT2D eigenvalue weighted by Crippen LogP contribution is 2.42. The van der Waals surface area contributed by atoms with E-state index in [2.05, 4.69) is 22.9 Å². The van der Waals surface area contributed by atoms with E-state index in [1.807, 2.05) is 12.1 Å². The largest absolute Gasteiger partial charge is 0.496 e. The van der Waals surface area contributed by atoms with Crippen LogP contribution in [0.3, 0.4) is 0 Å². The molecule has 0 radical (unpaired) electrons. The minimum atomic E-state index is 0.211. The molecule has 0 aromatic heterocycles. The summed E-state index contributed by atoms with van der Waals surface area (Å²) in [6.07, 6.45) is 0.957.